The minimum Gasteiger partial charge on any atom is -0.345 e. The zero-order valence-electron chi connectivity index (χ0n) is 20.8. The van der Waals surface area contributed by atoms with Gasteiger partial charge in [0.05, 0.1) is 6.54 Å². The van der Waals surface area contributed by atoms with Crippen LogP contribution in [0.2, 0.25) is 0 Å². The minimum atomic E-state index is 0.112. The maximum absolute atomic E-state index is 13.6. The molecule has 0 aliphatic rings. The van der Waals surface area contributed by atoms with Gasteiger partial charge in [-0.25, -0.2) is 0 Å². The number of nitrogens with zero attached hydrogens (tertiary/aromatic N) is 2. The molecule has 176 valence electrons. The molecule has 0 saturated carbocycles. The molecule has 0 fully saturated rings. The van der Waals surface area contributed by atoms with E-state index in [9.17, 15) is 4.79 Å². The van der Waals surface area contributed by atoms with Crippen molar-refractivity contribution < 1.29 is 4.79 Å². The molecule has 1 heterocycles. The van der Waals surface area contributed by atoms with E-state index in [1.807, 2.05) is 23.1 Å². The quantitative estimate of drug-likeness (QED) is 0.268. The Balaban J connectivity index is 1.74. The van der Waals surface area contributed by atoms with E-state index in [-0.39, 0.29) is 11.9 Å². The van der Waals surface area contributed by atoms with Gasteiger partial charge in [-0.05, 0) is 61.1 Å². The van der Waals surface area contributed by atoms with E-state index in [2.05, 4.69) is 87.0 Å². The Bertz CT molecular complexity index is 972. The predicted molar refractivity (Wildman–Crippen MR) is 138 cm³/mol. The number of carbonyl (C=O) groups is 1. The highest BCUT2D eigenvalue weighted by Gasteiger charge is 2.25. The van der Waals surface area contributed by atoms with Crippen LogP contribution in [0.1, 0.15) is 80.6 Å². The lowest BCUT2D eigenvalue weighted by Gasteiger charge is -2.32. The summed E-state index contributed by atoms with van der Waals surface area (Å²) in [4.78, 5) is 15.7. The van der Waals surface area contributed by atoms with Crippen molar-refractivity contribution in [2.45, 2.75) is 78.9 Å². The molecule has 2 aromatic carbocycles. The van der Waals surface area contributed by atoms with Crippen LogP contribution in [0.25, 0.3) is 0 Å². The van der Waals surface area contributed by atoms with Crippen LogP contribution < -0.4 is 0 Å². The fourth-order valence-electron chi connectivity index (χ4n) is 4.20. The van der Waals surface area contributed by atoms with Crippen LogP contribution in [-0.2, 0) is 19.5 Å². The summed E-state index contributed by atoms with van der Waals surface area (Å²) in [7, 11) is 0. The molecule has 3 rings (SSSR count). The first-order valence-electron chi connectivity index (χ1n) is 12.6. The molecule has 1 aromatic heterocycles. The largest absolute Gasteiger partial charge is 0.345 e. The van der Waals surface area contributed by atoms with E-state index in [1.165, 1.54) is 36.8 Å². The molecule has 0 bridgehead atoms. The number of aryl methyl sites for hydroxylation is 1. The number of rotatable bonds is 12. The molecule has 3 nitrogen and oxygen atoms in total. The summed E-state index contributed by atoms with van der Waals surface area (Å²) in [6.07, 6.45) is 8.25. The first kappa shape index (κ1) is 24.8. The topological polar surface area (TPSA) is 25.2 Å². The Kier molecular flexibility index (Phi) is 9.35. The number of unbranched alkanes of at least 4 members (excludes halogenated alkanes) is 3. The number of carbonyl (C=O) groups excluding carboxylic acids is 1. The van der Waals surface area contributed by atoms with Crippen molar-refractivity contribution in [3.63, 3.8) is 0 Å². The Morgan fingerprint density at radius 1 is 0.848 bits per heavy atom. The van der Waals surface area contributed by atoms with Gasteiger partial charge in [-0.2, -0.15) is 0 Å². The average Bonchev–Trinajstić information content (AvgIpc) is 3.27. The molecule has 3 aromatic rings. The zero-order valence-corrected chi connectivity index (χ0v) is 20.8. The van der Waals surface area contributed by atoms with Gasteiger partial charge in [0.15, 0.2) is 0 Å². The first-order chi connectivity index (χ1) is 16.0. The van der Waals surface area contributed by atoms with Crippen molar-refractivity contribution in [1.82, 2.24) is 9.47 Å². The van der Waals surface area contributed by atoms with Crippen LogP contribution in [-0.4, -0.2) is 21.4 Å². The highest BCUT2D eigenvalue weighted by Crippen LogP contribution is 2.20. The number of hydrogen-bond donors (Lipinski definition) is 0. The summed E-state index contributed by atoms with van der Waals surface area (Å²) < 4.78 is 2.25. The molecule has 1 unspecified atom stereocenters. The van der Waals surface area contributed by atoms with Gasteiger partial charge in [0.1, 0.15) is 0 Å². The fraction of sp³-hybridized carbons (Fsp3) is 0.433. The highest BCUT2D eigenvalue weighted by atomic mass is 16.2. The van der Waals surface area contributed by atoms with Crippen LogP contribution in [0, 0.1) is 5.92 Å². The molecule has 1 amide bonds. The summed E-state index contributed by atoms with van der Waals surface area (Å²) in [5.41, 5.74) is 4.52. The van der Waals surface area contributed by atoms with E-state index >= 15 is 0 Å². The molecule has 0 N–H and O–H groups in total. The van der Waals surface area contributed by atoms with Crippen molar-refractivity contribution in [3.8, 4) is 0 Å². The monoisotopic (exact) mass is 444 g/mol. The van der Waals surface area contributed by atoms with Gasteiger partial charge in [0, 0.05) is 30.0 Å². The van der Waals surface area contributed by atoms with Gasteiger partial charge in [-0.15, -0.1) is 0 Å². The Morgan fingerprint density at radius 3 is 2.24 bits per heavy atom. The molecule has 0 aliphatic carbocycles. The molecule has 0 radical (unpaired) electrons. The minimum absolute atomic E-state index is 0.112. The summed E-state index contributed by atoms with van der Waals surface area (Å²) >= 11 is 0. The molecule has 0 spiro atoms. The average molecular weight is 445 g/mol. The summed E-state index contributed by atoms with van der Waals surface area (Å²) in [5.74, 6) is 0.491. The third-order valence-electron chi connectivity index (χ3n) is 6.69. The summed E-state index contributed by atoms with van der Waals surface area (Å²) in [6, 6.07) is 23.1. The zero-order chi connectivity index (χ0) is 23.6. The number of benzene rings is 2. The maximum atomic E-state index is 13.6. The molecule has 33 heavy (non-hydrogen) atoms. The van der Waals surface area contributed by atoms with Gasteiger partial charge in [-0.3, -0.25) is 4.79 Å². The van der Waals surface area contributed by atoms with Gasteiger partial charge in [-0.1, -0.05) is 82.5 Å². The van der Waals surface area contributed by atoms with Gasteiger partial charge in [0.25, 0.3) is 5.91 Å². The SMILES string of the molecule is CCCCCCc1ccc(C(=O)N(Cc2cccn2Cc2ccccc2)C(C)C(C)C)cc1. The second kappa shape index (κ2) is 12.4. The van der Waals surface area contributed by atoms with Crippen LogP contribution in [0.4, 0.5) is 0 Å². The molecule has 1 atom stereocenters. The third-order valence-corrected chi connectivity index (χ3v) is 6.69. The van der Waals surface area contributed by atoms with Crippen molar-refractivity contribution in [1.29, 1.82) is 0 Å². The first-order valence-corrected chi connectivity index (χ1v) is 12.6. The highest BCUT2D eigenvalue weighted by molar-refractivity contribution is 5.94. The molecule has 0 aliphatic heterocycles. The molecule has 0 saturated heterocycles. The number of aromatic nitrogens is 1. The van der Waals surface area contributed by atoms with Crippen LogP contribution in [0.15, 0.2) is 72.9 Å². The van der Waals surface area contributed by atoms with E-state index < -0.39 is 0 Å². The van der Waals surface area contributed by atoms with Gasteiger partial charge >= 0.3 is 0 Å². The lowest BCUT2D eigenvalue weighted by molar-refractivity contribution is 0.0622. The van der Waals surface area contributed by atoms with Crippen LogP contribution in [0.5, 0.6) is 0 Å². The van der Waals surface area contributed by atoms with E-state index in [1.54, 1.807) is 0 Å². The standard InChI is InChI=1S/C30H40N2O/c1-5-6-7-9-13-26-17-19-28(20-18-26)30(33)32(25(4)24(2)3)23-29-16-12-21-31(29)22-27-14-10-8-11-15-27/h8,10-12,14-21,24-25H,5-7,9,13,22-23H2,1-4H3. The second-order valence-electron chi connectivity index (χ2n) is 9.54. The predicted octanol–water partition coefficient (Wildman–Crippen LogP) is 7.35. The van der Waals surface area contributed by atoms with Crippen LogP contribution >= 0.6 is 0 Å². The van der Waals surface area contributed by atoms with Crippen molar-refractivity contribution in [3.05, 3.63) is 95.3 Å². The molecular formula is C30H40N2O. The van der Waals surface area contributed by atoms with Gasteiger partial charge in [0.2, 0.25) is 0 Å². The Hall–Kier alpha value is -2.81. The number of hydrogen-bond acceptors (Lipinski definition) is 1. The van der Waals surface area contributed by atoms with Gasteiger partial charge < -0.3 is 9.47 Å². The smallest absolute Gasteiger partial charge is 0.254 e. The van der Waals surface area contributed by atoms with Crippen molar-refractivity contribution >= 4 is 5.91 Å². The van der Waals surface area contributed by atoms with E-state index in [4.69, 9.17) is 0 Å². The van der Waals surface area contributed by atoms with E-state index in [0.29, 0.717) is 12.5 Å². The van der Waals surface area contributed by atoms with Crippen molar-refractivity contribution in [2.24, 2.45) is 5.92 Å². The third kappa shape index (κ3) is 7.08. The molecule has 3 heteroatoms. The van der Waals surface area contributed by atoms with E-state index in [0.717, 1.165) is 24.2 Å². The fourth-order valence-corrected chi connectivity index (χ4v) is 4.20. The summed E-state index contributed by atoms with van der Waals surface area (Å²) in [6.45, 7) is 10.2. The Morgan fingerprint density at radius 2 is 1.58 bits per heavy atom. The Labute approximate surface area is 200 Å². The second-order valence-corrected chi connectivity index (χ2v) is 9.54. The number of amides is 1. The van der Waals surface area contributed by atoms with Crippen LogP contribution in [0.3, 0.4) is 0 Å². The normalized spacial score (nSPS) is 12.2. The summed E-state index contributed by atoms with van der Waals surface area (Å²) in [5, 5.41) is 0. The lowest BCUT2D eigenvalue weighted by Crippen LogP contribution is -2.41. The van der Waals surface area contributed by atoms with Crippen molar-refractivity contribution in [2.75, 3.05) is 0 Å². The lowest BCUT2D eigenvalue weighted by atomic mass is 10.0. The molecular weight excluding hydrogens is 404 g/mol. The maximum Gasteiger partial charge on any atom is 0.254 e.